The molecule has 3 heterocycles. The first kappa shape index (κ1) is 17.4. The van der Waals surface area contributed by atoms with Crippen LogP contribution in [0.5, 0.6) is 0 Å². The SMILES string of the molecule is CC1CC1c1cc(Nc2nc(-c3ccc(S(N)(=O)=O)s3)ncc2Cl)n[nH]1. The Morgan fingerprint density at radius 2 is 2.19 bits per heavy atom. The van der Waals surface area contributed by atoms with Crippen LogP contribution < -0.4 is 10.5 Å². The second-order valence-corrected chi connectivity index (χ2v) is 9.49. The molecule has 1 aliphatic rings. The van der Waals surface area contributed by atoms with Crippen LogP contribution in [0.3, 0.4) is 0 Å². The molecular formula is C15H15ClN6O2S2. The third kappa shape index (κ3) is 3.45. The molecule has 0 amide bonds. The van der Waals surface area contributed by atoms with Gasteiger partial charge >= 0.3 is 0 Å². The Hall–Kier alpha value is -2.01. The van der Waals surface area contributed by atoms with Gasteiger partial charge in [-0.1, -0.05) is 18.5 Å². The van der Waals surface area contributed by atoms with Crippen molar-refractivity contribution in [2.45, 2.75) is 23.5 Å². The summed E-state index contributed by atoms with van der Waals surface area (Å²) < 4.78 is 22.9. The van der Waals surface area contributed by atoms with E-state index in [1.807, 2.05) is 6.07 Å². The molecule has 8 nitrogen and oxygen atoms in total. The highest BCUT2D eigenvalue weighted by Crippen LogP contribution is 2.46. The number of H-pyrrole nitrogens is 1. The number of aromatic amines is 1. The van der Waals surface area contributed by atoms with E-state index in [1.165, 1.54) is 12.3 Å². The zero-order valence-corrected chi connectivity index (χ0v) is 16.0. The topological polar surface area (TPSA) is 127 Å². The van der Waals surface area contributed by atoms with Crippen molar-refractivity contribution in [3.05, 3.63) is 35.1 Å². The lowest BCUT2D eigenvalue weighted by Crippen LogP contribution is -2.09. The standard InChI is InChI=1S/C15H15ClN6O2S2/c1-7-4-8(7)10-5-12(22-21-10)19-14-9(16)6-18-15(20-14)11-2-3-13(25-11)26(17,23)24/h2-3,5-8H,4H2,1H3,(H2,17,23,24)(H2,18,19,20,21,22). The van der Waals surface area contributed by atoms with Crippen LogP contribution in [0.25, 0.3) is 10.7 Å². The fourth-order valence-electron chi connectivity index (χ4n) is 2.63. The summed E-state index contributed by atoms with van der Waals surface area (Å²) in [6.45, 7) is 2.20. The fourth-order valence-corrected chi connectivity index (χ4v) is 4.44. The molecule has 3 aromatic rings. The number of nitrogens with two attached hydrogens (primary N) is 1. The summed E-state index contributed by atoms with van der Waals surface area (Å²) in [4.78, 5) is 9.12. The van der Waals surface area contributed by atoms with Gasteiger partial charge in [-0.25, -0.2) is 23.5 Å². The summed E-state index contributed by atoms with van der Waals surface area (Å²) in [5.74, 6) is 2.55. The number of aromatic nitrogens is 4. The number of nitrogens with zero attached hydrogens (tertiary/aromatic N) is 3. The van der Waals surface area contributed by atoms with Crippen molar-refractivity contribution in [2.24, 2.45) is 11.1 Å². The van der Waals surface area contributed by atoms with Gasteiger partial charge in [-0.2, -0.15) is 5.10 Å². The predicted octanol–water partition coefficient (Wildman–Crippen LogP) is 3.10. The molecule has 1 fully saturated rings. The molecule has 0 aliphatic heterocycles. The molecule has 1 aliphatic carbocycles. The molecule has 4 N–H and O–H groups in total. The smallest absolute Gasteiger partial charge is 0.247 e. The molecule has 0 radical (unpaired) electrons. The lowest BCUT2D eigenvalue weighted by molar-refractivity contribution is 0.600. The van der Waals surface area contributed by atoms with E-state index in [2.05, 4.69) is 32.4 Å². The first-order chi connectivity index (χ1) is 12.3. The number of hydrogen-bond acceptors (Lipinski definition) is 7. The average Bonchev–Trinajstić information content (AvgIpc) is 3.01. The first-order valence-corrected chi connectivity index (χ1v) is 10.5. The van der Waals surface area contributed by atoms with Crippen molar-refractivity contribution in [3.63, 3.8) is 0 Å². The van der Waals surface area contributed by atoms with Gasteiger partial charge < -0.3 is 5.32 Å². The van der Waals surface area contributed by atoms with Gasteiger partial charge in [0.1, 0.15) is 9.23 Å². The van der Waals surface area contributed by atoms with E-state index in [1.54, 1.807) is 6.07 Å². The van der Waals surface area contributed by atoms with Crippen LogP contribution in [0.15, 0.2) is 28.6 Å². The molecular weight excluding hydrogens is 396 g/mol. The second-order valence-electron chi connectivity index (χ2n) is 6.21. The third-order valence-electron chi connectivity index (χ3n) is 4.18. The Morgan fingerprint density at radius 3 is 2.85 bits per heavy atom. The average molecular weight is 411 g/mol. The van der Waals surface area contributed by atoms with Gasteiger partial charge in [0, 0.05) is 17.7 Å². The van der Waals surface area contributed by atoms with Crippen LogP contribution in [0.2, 0.25) is 5.02 Å². The maximum Gasteiger partial charge on any atom is 0.247 e. The molecule has 0 saturated heterocycles. The van der Waals surface area contributed by atoms with Crippen LogP contribution in [-0.2, 0) is 10.0 Å². The van der Waals surface area contributed by atoms with Gasteiger partial charge in [0.05, 0.1) is 11.1 Å². The maximum atomic E-state index is 11.4. The maximum absolute atomic E-state index is 11.4. The molecule has 2 unspecified atom stereocenters. The number of thiophene rings is 1. The summed E-state index contributed by atoms with van der Waals surface area (Å²) in [6.07, 6.45) is 2.61. The number of primary sulfonamides is 1. The fraction of sp³-hybridized carbons (Fsp3) is 0.267. The minimum absolute atomic E-state index is 0.0519. The number of hydrogen-bond donors (Lipinski definition) is 3. The summed E-state index contributed by atoms with van der Waals surface area (Å²) in [5, 5.41) is 15.8. The molecule has 0 spiro atoms. The lowest BCUT2D eigenvalue weighted by Gasteiger charge is -2.05. The van der Waals surface area contributed by atoms with Gasteiger partial charge in [-0.05, 0) is 24.5 Å². The summed E-state index contributed by atoms with van der Waals surface area (Å²) in [5.41, 5.74) is 1.08. The zero-order chi connectivity index (χ0) is 18.5. The lowest BCUT2D eigenvalue weighted by atomic mass is 10.2. The van der Waals surface area contributed by atoms with Crippen molar-refractivity contribution in [1.29, 1.82) is 0 Å². The highest BCUT2D eigenvalue weighted by Gasteiger charge is 2.35. The Bertz CT molecular complexity index is 1080. The highest BCUT2D eigenvalue weighted by molar-refractivity contribution is 7.91. The van der Waals surface area contributed by atoms with Crippen LogP contribution in [-0.4, -0.2) is 28.6 Å². The van der Waals surface area contributed by atoms with Crippen LogP contribution in [0.1, 0.15) is 25.0 Å². The molecule has 26 heavy (non-hydrogen) atoms. The molecule has 136 valence electrons. The Labute approximate surface area is 158 Å². The van der Waals surface area contributed by atoms with E-state index < -0.39 is 10.0 Å². The minimum Gasteiger partial charge on any atom is -0.322 e. The summed E-state index contributed by atoms with van der Waals surface area (Å²) in [7, 11) is -3.75. The molecule has 1 saturated carbocycles. The molecule has 0 bridgehead atoms. The van der Waals surface area contributed by atoms with E-state index in [-0.39, 0.29) is 4.21 Å². The van der Waals surface area contributed by atoms with Crippen molar-refractivity contribution in [2.75, 3.05) is 5.32 Å². The monoisotopic (exact) mass is 410 g/mol. The van der Waals surface area contributed by atoms with E-state index in [0.29, 0.717) is 39.2 Å². The van der Waals surface area contributed by atoms with E-state index in [0.717, 1.165) is 23.5 Å². The quantitative estimate of drug-likeness (QED) is 0.593. The molecule has 0 aromatic carbocycles. The molecule has 3 aromatic heterocycles. The van der Waals surface area contributed by atoms with Crippen LogP contribution in [0.4, 0.5) is 11.6 Å². The van der Waals surface area contributed by atoms with Gasteiger partial charge in [0.25, 0.3) is 0 Å². The Morgan fingerprint density at radius 1 is 1.42 bits per heavy atom. The van der Waals surface area contributed by atoms with Crippen molar-refractivity contribution in [1.82, 2.24) is 20.2 Å². The van der Waals surface area contributed by atoms with E-state index in [4.69, 9.17) is 16.7 Å². The third-order valence-corrected chi connectivity index (χ3v) is 6.98. The van der Waals surface area contributed by atoms with Gasteiger partial charge in [0.2, 0.25) is 10.0 Å². The number of nitrogens with one attached hydrogen (secondary N) is 2. The summed E-state index contributed by atoms with van der Waals surface area (Å²) >= 11 is 7.18. The first-order valence-electron chi connectivity index (χ1n) is 7.79. The normalized spacial score (nSPS) is 19.5. The second kappa shape index (κ2) is 6.31. The highest BCUT2D eigenvalue weighted by atomic mass is 35.5. The number of anilines is 2. The number of rotatable bonds is 5. The number of sulfonamides is 1. The van der Waals surface area contributed by atoms with Crippen molar-refractivity contribution in [3.8, 4) is 10.7 Å². The van der Waals surface area contributed by atoms with Gasteiger partial charge in [-0.15, -0.1) is 11.3 Å². The largest absolute Gasteiger partial charge is 0.322 e. The number of halogens is 1. The van der Waals surface area contributed by atoms with Crippen molar-refractivity contribution < 1.29 is 8.42 Å². The Balaban J connectivity index is 1.60. The van der Waals surface area contributed by atoms with Crippen molar-refractivity contribution >= 4 is 44.6 Å². The zero-order valence-electron chi connectivity index (χ0n) is 13.6. The summed E-state index contributed by atoms with van der Waals surface area (Å²) in [6, 6.07) is 4.98. The minimum atomic E-state index is -3.75. The Kier molecular flexibility index (Phi) is 4.22. The van der Waals surface area contributed by atoms with E-state index >= 15 is 0 Å². The molecule has 4 rings (SSSR count). The molecule has 2 atom stereocenters. The molecule has 11 heteroatoms. The van der Waals surface area contributed by atoms with Gasteiger partial charge in [0.15, 0.2) is 17.5 Å². The predicted molar refractivity (Wildman–Crippen MR) is 100 cm³/mol. The van der Waals surface area contributed by atoms with Crippen LogP contribution >= 0.6 is 22.9 Å². The van der Waals surface area contributed by atoms with Crippen LogP contribution in [0, 0.1) is 5.92 Å². The van der Waals surface area contributed by atoms with Gasteiger partial charge in [-0.3, -0.25) is 5.10 Å². The van der Waals surface area contributed by atoms with E-state index in [9.17, 15) is 8.42 Å².